The zero-order valence-electron chi connectivity index (χ0n) is 10.2. The molecule has 0 saturated carbocycles. The van der Waals surface area contributed by atoms with E-state index in [0.717, 1.165) is 2.82 Å². The average molecular weight is 326 g/mol. The van der Waals surface area contributed by atoms with Gasteiger partial charge in [0.1, 0.15) is 0 Å². The van der Waals surface area contributed by atoms with Crippen LogP contribution in [0.25, 0.3) is 0 Å². The molecule has 0 aliphatic carbocycles. The molecule has 0 fully saturated rings. The molecule has 0 rings (SSSR count). The maximum absolute atomic E-state index is 11.4. The molecule has 14 heavy (non-hydrogen) atoms. The number of rotatable bonds is 6. The van der Waals surface area contributed by atoms with Crippen molar-refractivity contribution in [2.45, 2.75) is 42.3 Å². The summed E-state index contributed by atoms with van der Waals surface area (Å²) in [7, 11) is 0. The Bertz CT molecular complexity index is 226. The number of carbonyl (C=O) groups is 2. The Morgan fingerprint density at radius 3 is 1.86 bits per heavy atom. The van der Waals surface area contributed by atoms with Crippen molar-refractivity contribution < 1.29 is 35.8 Å². The molecule has 0 aromatic carbocycles. The van der Waals surface area contributed by atoms with E-state index in [-0.39, 0.29) is 18.0 Å². The third-order valence-corrected chi connectivity index (χ3v) is 10.5. The third kappa shape index (κ3) is 9.10. The van der Waals surface area contributed by atoms with E-state index < -0.39 is 26.3 Å². The van der Waals surface area contributed by atoms with Crippen molar-refractivity contribution in [3.63, 3.8) is 0 Å². The second-order valence-electron chi connectivity index (χ2n) is 7.24. The van der Waals surface area contributed by atoms with E-state index in [0.29, 0.717) is 12.8 Å². The van der Waals surface area contributed by atoms with Crippen LogP contribution in [0.4, 0.5) is 0 Å². The molecule has 82 valence electrons. The minimum absolute atomic E-state index is 0.0751. The van der Waals surface area contributed by atoms with Crippen LogP contribution in [0.5, 0.6) is 0 Å². The molecule has 0 spiro atoms. The van der Waals surface area contributed by atoms with Crippen molar-refractivity contribution in [1.29, 1.82) is 0 Å². The van der Waals surface area contributed by atoms with E-state index in [4.69, 9.17) is 0 Å². The molecule has 0 aliphatic rings. The number of carbonyl (C=O) groups excluding carboxylic acids is 2. The third-order valence-electron chi connectivity index (χ3n) is 2.37. The van der Waals surface area contributed by atoms with E-state index in [1.807, 2.05) is 0 Å². The van der Waals surface area contributed by atoms with Crippen LogP contribution < -0.4 is 0 Å². The molecule has 0 aromatic heterocycles. The maximum atomic E-state index is 11.4. The van der Waals surface area contributed by atoms with Crippen molar-refractivity contribution in [3.05, 3.63) is 0 Å². The monoisotopic (exact) mass is 326 g/mol. The fourth-order valence-corrected chi connectivity index (χ4v) is 5.81. The first kappa shape index (κ1) is 14.5. The molecule has 0 amide bonds. The molecule has 0 radical (unpaired) electrons. The summed E-state index contributed by atoms with van der Waals surface area (Å²) in [6.45, 7) is 1.81. The van der Waals surface area contributed by atoms with Crippen LogP contribution in [0.3, 0.4) is 0 Å². The Morgan fingerprint density at radius 2 is 1.50 bits per heavy atom. The van der Waals surface area contributed by atoms with Crippen LogP contribution >= 0.6 is 0 Å². The summed E-state index contributed by atoms with van der Waals surface area (Å²) in [6, 6.07) is 0. The van der Waals surface area contributed by atoms with Gasteiger partial charge in [0.15, 0.2) is 0 Å². The predicted octanol–water partition coefficient (Wildman–Crippen LogP) is 3.62. The molecule has 0 bridgehead atoms. The molecule has 2 nitrogen and oxygen atoms in total. The summed E-state index contributed by atoms with van der Waals surface area (Å²) < 4.78 is 10.4. The first-order chi connectivity index (χ1) is 6.10. The second-order valence-corrected chi connectivity index (χ2v) is 41.1. The summed E-state index contributed by atoms with van der Waals surface area (Å²) in [6.07, 6.45) is 1.26. The topological polar surface area (TPSA) is 34.1 Å². The normalized spacial score (nSPS) is 12.7. The van der Waals surface area contributed by atoms with Gasteiger partial charge in [-0.2, -0.15) is 0 Å². The Kier molecular flexibility index (Phi) is 5.24. The Balaban J connectivity index is 3.93. The summed E-state index contributed by atoms with van der Waals surface area (Å²) in [5.41, 5.74) is 0. The minimum atomic E-state index is -2.55. The van der Waals surface area contributed by atoms with Gasteiger partial charge in [-0.25, -0.2) is 0 Å². The Labute approximate surface area is 89.0 Å². The van der Waals surface area contributed by atoms with E-state index in [9.17, 15) is 9.59 Å². The number of ketones is 2. The van der Waals surface area contributed by atoms with Crippen LogP contribution in [-0.2, 0) is 9.59 Å². The molecule has 0 N–H and O–H groups in total. The van der Waals surface area contributed by atoms with Gasteiger partial charge >= 0.3 is 89.7 Å². The zero-order chi connectivity index (χ0) is 11.4. The van der Waals surface area contributed by atoms with Crippen molar-refractivity contribution in [1.82, 2.24) is 0 Å². The fourth-order valence-electron chi connectivity index (χ4n) is 1.17. The van der Waals surface area contributed by atoms with E-state index in [2.05, 4.69) is 13.3 Å². The van der Waals surface area contributed by atoms with Crippen LogP contribution in [0.1, 0.15) is 26.2 Å². The van der Waals surface area contributed by atoms with Gasteiger partial charge in [-0.3, -0.25) is 0 Å². The van der Waals surface area contributed by atoms with Crippen molar-refractivity contribution in [2.24, 2.45) is 0 Å². The molecular formula is C11H23LaO2. The quantitative estimate of drug-likeness (QED) is 0.699. The van der Waals surface area contributed by atoms with Crippen LogP contribution in [-0.4, -0.2) is 11.6 Å². The number of hydrogen-bond donors (Lipinski definition) is 0. The number of Topliss-reactive ketones (excluding diaryl/α,β-unsaturated/α-hetero) is 2. The molecular weight excluding hydrogens is 303 g/mol. The van der Waals surface area contributed by atoms with Crippen molar-refractivity contribution in [2.75, 3.05) is 0 Å². The van der Waals surface area contributed by atoms with Gasteiger partial charge in [0, 0.05) is 0 Å². The van der Waals surface area contributed by atoms with Crippen LogP contribution in [0.15, 0.2) is 0 Å². The van der Waals surface area contributed by atoms with Gasteiger partial charge in [-0.1, -0.05) is 0 Å². The predicted molar refractivity (Wildman–Crippen MR) is 57.8 cm³/mol. The Hall–Kier alpha value is 0.535. The first-order valence-electron chi connectivity index (χ1n) is 5.75. The summed E-state index contributed by atoms with van der Waals surface area (Å²) in [5, 5.41) is 0. The van der Waals surface area contributed by atoms with Crippen molar-refractivity contribution >= 4 is 11.6 Å². The average Bonchev–Trinajstić information content (AvgIpc) is 1.98. The molecule has 0 aromatic rings. The van der Waals surface area contributed by atoms with Gasteiger partial charge in [-0.05, 0) is 0 Å². The SMILES string of the molecule is CCC(=O)CC(=O)C[CH2][La]([CH3])([CH3])([CH3])[CH3]. The summed E-state index contributed by atoms with van der Waals surface area (Å²) >= 11 is -2.55. The fraction of sp³-hybridized carbons (Fsp3) is 0.818. The summed E-state index contributed by atoms with van der Waals surface area (Å²) in [5.74, 6) is 0.208. The van der Waals surface area contributed by atoms with Crippen molar-refractivity contribution in [3.8, 4) is 0 Å². The van der Waals surface area contributed by atoms with Crippen LogP contribution in [0.2, 0.25) is 16.1 Å². The van der Waals surface area contributed by atoms with Gasteiger partial charge in [0.25, 0.3) is 0 Å². The molecule has 0 heterocycles. The van der Waals surface area contributed by atoms with E-state index in [1.54, 1.807) is 6.92 Å². The second kappa shape index (κ2) is 5.04. The molecule has 3 heteroatoms. The summed E-state index contributed by atoms with van der Waals surface area (Å²) in [4.78, 5) is 22.4. The van der Waals surface area contributed by atoms with Gasteiger partial charge < -0.3 is 0 Å². The molecule has 0 unspecified atom stereocenters. The van der Waals surface area contributed by atoms with Gasteiger partial charge in [0.05, 0.1) is 0 Å². The molecule has 0 atom stereocenters. The van der Waals surface area contributed by atoms with Crippen LogP contribution in [0, 0.1) is 26.3 Å². The van der Waals surface area contributed by atoms with Gasteiger partial charge in [0.2, 0.25) is 0 Å². The molecule has 0 saturated heterocycles. The first-order valence-corrected chi connectivity index (χ1v) is 22.8. The van der Waals surface area contributed by atoms with E-state index in [1.165, 1.54) is 0 Å². The molecule has 0 aliphatic heterocycles. The number of hydrogen-bond acceptors (Lipinski definition) is 2. The Morgan fingerprint density at radius 1 is 1.00 bits per heavy atom. The zero-order valence-corrected chi connectivity index (χ0v) is 13.8. The standard InChI is InChI=1S/C7H11O2.4CH3.La/c1-3-6(8)5-7(9)4-2;;;;;/h1,3-5H2,2H3;4*1H3;. The van der Waals surface area contributed by atoms with E-state index >= 15 is 0 Å². The van der Waals surface area contributed by atoms with Gasteiger partial charge in [-0.15, -0.1) is 0 Å².